The Balaban J connectivity index is 1.97. The highest BCUT2D eigenvalue weighted by Crippen LogP contribution is 2.32. The van der Waals surface area contributed by atoms with E-state index in [1.54, 1.807) is 0 Å². The Morgan fingerprint density at radius 2 is 1.79 bits per heavy atom. The molecule has 1 atom stereocenters. The molecule has 0 fully saturated rings. The second kappa shape index (κ2) is 12.0. The number of nitrogens with zero attached hydrogens (tertiary/aromatic N) is 3. The molecule has 3 rings (SSSR count). The Morgan fingerprint density at radius 3 is 2.45 bits per heavy atom. The molecule has 0 radical (unpaired) electrons. The van der Waals surface area contributed by atoms with E-state index in [1.165, 1.54) is 0 Å². The van der Waals surface area contributed by atoms with E-state index in [0.29, 0.717) is 19.0 Å². The van der Waals surface area contributed by atoms with Gasteiger partial charge in [-0.1, -0.05) is 63.9 Å². The molecule has 5 nitrogen and oxygen atoms in total. The van der Waals surface area contributed by atoms with Gasteiger partial charge in [0, 0.05) is 19.6 Å². The van der Waals surface area contributed by atoms with Crippen molar-refractivity contribution in [3.8, 4) is 17.3 Å². The number of benzene rings is 2. The van der Waals surface area contributed by atoms with Gasteiger partial charge in [0.25, 0.3) is 0 Å². The predicted octanol–water partition coefficient (Wildman–Crippen LogP) is 6.29. The fraction of sp³-hybridized carbons (Fsp3) is 0.464. The normalized spacial score (nSPS) is 12.5. The third-order valence-electron chi connectivity index (χ3n) is 5.71. The molecule has 0 saturated carbocycles. The van der Waals surface area contributed by atoms with Crippen molar-refractivity contribution >= 4 is 0 Å². The summed E-state index contributed by atoms with van der Waals surface area (Å²) in [6, 6.07) is 18.2. The summed E-state index contributed by atoms with van der Waals surface area (Å²) in [5.41, 5.74) is 4.12. The zero-order chi connectivity index (χ0) is 23.8. The molecule has 1 unspecified atom stereocenters. The molecule has 0 aliphatic carbocycles. The van der Waals surface area contributed by atoms with E-state index in [2.05, 4.69) is 38.7 Å². The number of hydrogen-bond donors (Lipinski definition) is 1. The van der Waals surface area contributed by atoms with Gasteiger partial charge < -0.3 is 9.84 Å². The zero-order valence-electron chi connectivity index (χ0n) is 20.8. The van der Waals surface area contributed by atoms with Crippen molar-refractivity contribution in [3.05, 3.63) is 71.4 Å². The summed E-state index contributed by atoms with van der Waals surface area (Å²) < 4.78 is 8.38. The highest BCUT2D eigenvalue weighted by molar-refractivity contribution is 5.43. The third-order valence-corrected chi connectivity index (χ3v) is 5.71. The lowest BCUT2D eigenvalue weighted by Gasteiger charge is -2.27. The van der Waals surface area contributed by atoms with Gasteiger partial charge in [-0.2, -0.15) is 5.10 Å². The predicted molar refractivity (Wildman–Crippen MR) is 135 cm³/mol. The van der Waals surface area contributed by atoms with E-state index < -0.39 is 0 Å². The summed E-state index contributed by atoms with van der Waals surface area (Å²) in [6.45, 7) is 12.9. The first-order valence-corrected chi connectivity index (χ1v) is 12.2. The number of para-hydroxylation sites is 1. The Labute approximate surface area is 199 Å². The Bertz CT molecular complexity index is 998. The SMILES string of the molecule is CCCCC(O)CN(Cc1c(C)nn(-c2ccccc2)c1Oc1cccc(C)c1)CC(C)C. The number of aliphatic hydroxyl groups is 1. The van der Waals surface area contributed by atoms with E-state index in [0.717, 1.165) is 59.9 Å². The van der Waals surface area contributed by atoms with Gasteiger partial charge in [0.2, 0.25) is 5.88 Å². The largest absolute Gasteiger partial charge is 0.439 e. The quantitative estimate of drug-likeness (QED) is 0.353. The van der Waals surface area contributed by atoms with Crippen molar-refractivity contribution in [1.82, 2.24) is 14.7 Å². The molecule has 0 aliphatic heterocycles. The molecule has 33 heavy (non-hydrogen) atoms. The first-order valence-electron chi connectivity index (χ1n) is 12.2. The molecule has 5 heteroatoms. The van der Waals surface area contributed by atoms with Crippen molar-refractivity contribution in [1.29, 1.82) is 0 Å². The topological polar surface area (TPSA) is 50.5 Å². The van der Waals surface area contributed by atoms with Gasteiger partial charge in [-0.05, 0) is 56.0 Å². The number of hydrogen-bond acceptors (Lipinski definition) is 4. The molecular formula is C28H39N3O2. The maximum absolute atomic E-state index is 10.6. The number of aromatic nitrogens is 2. The van der Waals surface area contributed by atoms with Crippen LogP contribution in [0, 0.1) is 19.8 Å². The monoisotopic (exact) mass is 449 g/mol. The highest BCUT2D eigenvalue weighted by Gasteiger charge is 2.23. The number of ether oxygens (including phenoxy) is 1. The summed E-state index contributed by atoms with van der Waals surface area (Å²) >= 11 is 0. The van der Waals surface area contributed by atoms with E-state index in [-0.39, 0.29) is 6.10 Å². The van der Waals surface area contributed by atoms with Crippen LogP contribution in [0.15, 0.2) is 54.6 Å². The van der Waals surface area contributed by atoms with Gasteiger partial charge in [-0.15, -0.1) is 0 Å². The average molecular weight is 450 g/mol. The molecule has 1 heterocycles. The van der Waals surface area contributed by atoms with Crippen LogP contribution in [0.2, 0.25) is 0 Å². The van der Waals surface area contributed by atoms with Crippen molar-refractivity contribution in [2.24, 2.45) is 5.92 Å². The van der Waals surface area contributed by atoms with Crippen LogP contribution in [0.25, 0.3) is 5.69 Å². The van der Waals surface area contributed by atoms with Gasteiger partial charge in [0.05, 0.1) is 23.0 Å². The summed E-state index contributed by atoms with van der Waals surface area (Å²) in [5.74, 6) is 2.03. The smallest absolute Gasteiger partial charge is 0.227 e. The molecular weight excluding hydrogens is 410 g/mol. The summed E-state index contributed by atoms with van der Waals surface area (Å²) in [7, 11) is 0. The highest BCUT2D eigenvalue weighted by atomic mass is 16.5. The molecule has 0 spiro atoms. The lowest BCUT2D eigenvalue weighted by molar-refractivity contribution is 0.0927. The first-order chi connectivity index (χ1) is 15.9. The minimum atomic E-state index is -0.325. The minimum Gasteiger partial charge on any atom is -0.439 e. The Kier molecular flexibility index (Phi) is 9.10. The van der Waals surface area contributed by atoms with E-state index in [9.17, 15) is 5.11 Å². The standard InChI is InChI=1S/C28H39N3O2/c1-6-7-15-25(32)19-30(18-21(2)3)20-27-23(5)29-31(24-13-9-8-10-14-24)28(27)33-26-16-11-12-22(4)17-26/h8-14,16-17,21,25,32H,6-7,15,18-20H2,1-5H3. The summed E-state index contributed by atoms with van der Waals surface area (Å²) in [4.78, 5) is 2.34. The van der Waals surface area contributed by atoms with Crippen LogP contribution in [0.3, 0.4) is 0 Å². The Hall–Kier alpha value is -2.63. The minimum absolute atomic E-state index is 0.325. The van der Waals surface area contributed by atoms with Crippen LogP contribution in [-0.4, -0.2) is 39.0 Å². The number of aryl methyl sites for hydroxylation is 2. The van der Waals surface area contributed by atoms with Crippen LogP contribution in [0.4, 0.5) is 0 Å². The Morgan fingerprint density at radius 1 is 1.03 bits per heavy atom. The van der Waals surface area contributed by atoms with Gasteiger partial charge in [0.1, 0.15) is 5.75 Å². The maximum atomic E-state index is 10.6. The van der Waals surface area contributed by atoms with E-state index >= 15 is 0 Å². The molecule has 0 aliphatic rings. The molecule has 0 saturated heterocycles. The second-order valence-corrected chi connectivity index (χ2v) is 9.42. The lowest BCUT2D eigenvalue weighted by atomic mass is 10.1. The first kappa shape index (κ1) is 25.0. The van der Waals surface area contributed by atoms with Crippen LogP contribution in [-0.2, 0) is 6.54 Å². The maximum Gasteiger partial charge on any atom is 0.227 e. The van der Waals surface area contributed by atoms with Crippen LogP contribution in [0.1, 0.15) is 56.9 Å². The van der Waals surface area contributed by atoms with Crippen molar-refractivity contribution < 1.29 is 9.84 Å². The molecule has 2 aromatic carbocycles. The van der Waals surface area contributed by atoms with Gasteiger partial charge in [0.15, 0.2) is 0 Å². The number of unbranched alkanes of at least 4 members (excludes halogenated alkanes) is 1. The van der Waals surface area contributed by atoms with Gasteiger partial charge in [-0.3, -0.25) is 4.90 Å². The fourth-order valence-corrected chi connectivity index (χ4v) is 4.13. The molecule has 3 aromatic rings. The number of aliphatic hydroxyl groups excluding tert-OH is 1. The van der Waals surface area contributed by atoms with E-state index in [4.69, 9.17) is 9.84 Å². The van der Waals surface area contributed by atoms with Crippen LogP contribution >= 0.6 is 0 Å². The molecule has 0 bridgehead atoms. The van der Waals surface area contributed by atoms with Crippen molar-refractivity contribution in [2.45, 2.75) is 66.5 Å². The summed E-state index contributed by atoms with van der Waals surface area (Å²) in [5, 5.41) is 15.5. The summed E-state index contributed by atoms with van der Waals surface area (Å²) in [6.07, 6.45) is 2.65. The van der Waals surface area contributed by atoms with Crippen LogP contribution < -0.4 is 4.74 Å². The van der Waals surface area contributed by atoms with Crippen LogP contribution in [0.5, 0.6) is 11.6 Å². The lowest BCUT2D eigenvalue weighted by Crippen LogP contribution is -2.35. The molecule has 1 aromatic heterocycles. The van der Waals surface area contributed by atoms with Crippen molar-refractivity contribution in [3.63, 3.8) is 0 Å². The third kappa shape index (κ3) is 7.18. The van der Waals surface area contributed by atoms with Gasteiger partial charge in [-0.25, -0.2) is 4.68 Å². The van der Waals surface area contributed by atoms with Crippen molar-refractivity contribution in [2.75, 3.05) is 13.1 Å². The molecule has 0 amide bonds. The fourth-order valence-electron chi connectivity index (χ4n) is 4.13. The average Bonchev–Trinajstić information content (AvgIpc) is 3.07. The number of rotatable bonds is 12. The molecule has 1 N–H and O–H groups in total. The second-order valence-electron chi connectivity index (χ2n) is 9.42. The van der Waals surface area contributed by atoms with Gasteiger partial charge >= 0.3 is 0 Å². The molecule has 178 valence electrons. The zero-order valence-corrected chi connectivity index (χ0v) is 20.8. The van der Waals surface area contributed by atoms with E-state index in [1.807, 2.05) is 60.1 Å².